The first-order chi connectivity index (χ1) is 14.2. The van der Waals surface area contributed by atoms with Gasteiger partial charge in [0.05, 0.1) is 12.2 Å². The molecule has 3 aromatic rings. The summed E-state index contributed by atoms with van der Waals surface area (Å²) in [7, 11) is 0. The number of ether oxygens (including phenoxy) is 2. The summed E-state index contributed by atoms with van der Waals surface area (Å²) in [5.41, 5.74) is 3.10. The number of aliphatic hydroxyl groups excluding tert-OH is 1. The molecular weight excluding hydrogens is 362 g/mol. The minimum atomic E-state index is -0.528. The van der Waals surface area contributed by atoms with Gasteiger partial charge in [0.25, 0.3) is 0 Å². The second-order valence-corrected chi connectivity index (χ2v) is 7.11. The molecule has 0 aliphatic heterocycles. The minimum absolute atomic E-state index is 0.00937. The number of hydrogen-bond donors (Lipinski definition) is 2. The quantitative estimate of drug-likeness (QED) is 0.551. The first-order valence-corrected chi connectivity index (χ1v) is 10.2. The van der Waals surface area contributed by atoms with E-state index in [0.29, 0.717) is 19.8 Å². The maximum Gasteiger partial charge on any atom is 0.170 e. The molecule has 4 nitrogen and oxygen atoms in total. The molecule has 0 aliphatic rings. The summed E-state index contributed by atoms with van der Waals surface area (Å²) < 4.78 is 12.0. The summed E-state index contributed by atoms with van der Waals surface area (Å²) in [5, 5.41) is 12.8. The maximum absolute atomic E-state index is 10.6. The zero-order valence-corrected chi connectivity index (χ0v) is 17.1. The van der Waals surface area contributed by atoms with Crippen LogP contribution in [0.15, 0.2) is 78.9 Å². The molecule has 152 valence electrons. The topological polar surface area (TPSA) is 55.3 Å². The van der Waals surface area contributed by atoms with Crippen LogP contribution in [0.5, 0.6) is 11.5 Å². The molecule has 0 heterocycles. The highest BCUT2D eigenvalue weighted by atomic mass is 16.5. The Morgan fingerprint density at radius 3 is 2.24 bits per heavy atom. The Balaban J connectivity index is 1.71. The van der Waals surface area contributed by atoms with E-state index in [0.717, 1.165) is 28.2 Å². The molecule has 0 spiro atoms. The van der Waals surface area contributed by atoms with Gasteiger partial charge in [-0.1, -0.05) is 66.7 Å². The van der Waals surface area contributed by atoms with Crippen LogP contribution in [0, 0.1) is 0 Å². The van der Waals surface area contributed by atoms with E-state index in [-0.39, 0.29) is 6.04 Å². The highest BCUT2D eigenvalue weighted by Gasteiger charge is 2.20. The van der Waals surface area contributed by atoms with Crippen LogP contribution in [0.25, 0.3) is 0 Å². The molecule has 0 fully saturated rings. The van der Waals surface area contributed by atoms with Crippen LogP contribution in [0.4, 0.5) is 0 Å². The molecule has 0 aliphatic carbocycles. The summed E-state index contributed by atoms with van der Waals surface area (Å²) in [6.07, 6.45) is -0.528. The number of benzene rings is 3. The van der Waals surface area contributed by atoms with Crippen molar-refractivity contribution in [1.82, 2.24) is 0 Å². The van der Waals surface area contributed by atoms with E-state index < -0.39 is 6.10 Å². The van der Waals surface area contributed by atoms with Crippen molar-refractivity contribution in [3.8, 4) is 11.5 Å². The van der Waals surface area contributed by atoms with Crippen LogP contribution >= 0.6 is 0 Å². The van der Waals surface area contributed by atoms with Crippen LogP contribution in [0.3, 0.4) is 0 Å². The fourth-order valence-electron chi connectivity index (χ4n) is 3.28. The minimum Gasteiger partial charge on any atom is -0.490 e. The molecule has 0 unspecified atom stereocenters. The van der Waals surface area contributed by atoms with Gasteiger partial charge >= 0.3 is 0 Å². The van der Waals surface area contributed by atoms with E-state index in [2.05, 4.69) is 11.4 Å². The predicted molar refractivity (Wildman–Crippen MR) is 115 cm³/mol. The third kappa shape index (κ3) is 5.83. The lowest BCUT2D eigenvalue weighted by Crippen LogP contribution is -2.89. The fraction of sp³-hybridized carbons (Fsp3) is 0.280. The second-order valence-electron chi connectivity index (χ2n) is 7.11. The van der Waals surface area contributed by atoms with Gasteiger partial charge in [-0.2, -0.15) is 0 Å². The molecule has 29 heavy (non-hydrogen) atoms. The highest BCUT2D eigenvalue weighted by Crippen LogP contribution is 2.32. The third-order valence-electron chi connectivity index (χ3n) is 4.93. The van der Waals surface area contributed by atoms with Gasteiger partial charge in [-0.25, -0.2) is 0 Å². The summed E-state index contributed by atoms with van der Waals surface area (Å²) in [6, 6.07) is 25.9. The molecule has 2 atom stereocenters. The molecule has 0 saturated heterocycles. The van der Waals surface area contributed by atoms with E-state index in [9.17, 15) is 5.11 Å². The van der Waals surface area contributed by atoms with Crippen LogP contribution in [0.1, 0.15) is 36.6 Å². The SMILES string of the molecule is CCOc1cccc(C[NH2+][C@@H](C)[C@H](O)c2ccccc2)c1OCc1ccccc1. The van der Waals surface area contributed by atoms with E-state index in [1.54, 1.807) is 0 Å². The smallest absolute Gasteiger partial charge is 0.170 e. The first kappa shape index (κ1) is 20.9. The monoisotopic (exact) mass is 392 g/mol. The van der Waals surface area contributed by atoms with Crippen molar-refractivity contribution in [2.75, 3.05) is 6.61 Å². The Morgan fingerprint density at radius 2 is 1.55 bits per heavy atom. The predicted octanol–water partition coefficient (Wildman–Crippen LogP) is 3.85. The van der Waals surface area contributed by atoms with Gasteiger partial charge in [0.1, 0.15) is 25.3 Å². The van der Waals surface area contributed by atoms with Crippen molar-refractivity contribution in [1.29, 1.82) is 0 Å². The Labute approximate surface area is 173 Å². The Morgan fingerprint density at radius 1 is 0.862 bits per heavy atom. The van der Waals surface area contributed by atoms with Gasteiger partial charge in [0, 0.05) is 0 Å². The van der Waals surface area contributed by atoms with Gasteiger partial charge in [-0.05, 0) is 37.1 Å². The van der Waals surface area contributed by atoms with Gasteiger partial charge in [-0.3, -0.25) is 0 Å². The van der Waals surface area contributed by atoms with Crippen LogP contribution < -0.4 is 14.8 Å². The zero-order valence-electron chi connectivity index (χ0n) is 17.1. The average Bonchev–Trinajstić information content (AvgIpc) is 2.77. The summed E-state index contributed by atoms with van der Waals surface area (Å²) >= 11 is 0. The molecule has 4 heteroatoms. The van der Waals surface area contributed by atoms with Crippen molar-refractivity contribution in [3.05, 3.63) is 95.6 Å². The van der Waals surface area contributed by atoms with Gasteiger partial charge < -0.3 is 19.9 Å². The Kier molecular flexibility index (Phi) is 7.68. The molecule has 3 aromatic carbocycles. The highest BCUT2D eigenvalue weighted by molar-refractivity contribution is 5.46. The van der Waals surface area contributed by atoms with Gasteiger partial charge in [0.15, 0.2) is 11.5 Å². The average molecular weight is 393 g/mol. The Bertz CT molecular complexity index is 868. The third-order valence-corrected chi connectivity index (χ3v) is 4.93. The number of hydrogen-bond acceptors (Lipinski definition) is 3. The summed E-state index contributed by atoms with van der Waals surface area (Å²) in [5.74, 6) is 1.53. The van der Waals surface area contributed by atoms with E-state index in [1.807, 2.05) is 86.6 Å². The van der Waals surface area contributed by atoms with Crippen LogP contribution in [-0.4, -0.2) is 17.8 Å². The van der Waals surface area contributed by atoms with Crippen LogP contribution in [-0.2, 0) is 13.2 Å². The normalized spacial score (nSPS) is 12.9. The number of aliphatic hydroxyl groups is 1. The summed E-state index contributed by atoms with van der Waals surface area (Å²) in [6.45, 7) is 5.76. The lowest BCUT2D eigenvalue weighted by atomic mass is 10.0. The molecule has 0 bridgehead atoms. The number of nitrogens with two attached hydrogens (primary N) is 1. The molecule has 0 aromatic heterocycles. The van der Waals surface area contributed by atoms with E-state index in [4.69, 9.17) is 9.47 Å². The van der Waals surface area contributed by atoms with Crippen molar-refractivity contribution < 1.29 is 19.9 Å². The molecule has 0 amide bonds. The van der Waals surface area contributed by atoms with Gasteiger partial charge in [-0.15, -0.1) is 0 Å². The second kappa shape index (κ2) is 10.6. The standard InChI is InChI=1S/C25H29NO3/c1-3-28-23-16-10-15-22(25(23)29-18-20-11-6-4-7-12-20)17-26-19(2)24(27)21-13-8-5-9-14-21/h4-16,19,24,26-27H,3,17-18H2,1-2H3/p+1/t19-,24-/m0/s1. The van der Waals surface area contributed by atoms with E-state index in [1.165, 1.54) is 0 Å². The molecular formula is C25H30NO3+. The largest absolute Gasteiger partial charge is 0.490 e. The summed E-state index contributed by atoms with van der Waals surface area (Å²) in [4.78, 5) is 0. The lowest BCUT2D eigenvalue weighted by Gasteiger charge is -2.20. The molecule has 3 N–H and O–H groups in total. The molecule has 0 saturated carbocycles. The number of quaternary nitrogens is 1. The fourth-order valence-corrected chi connectivity index (χ4v) is 3.28. The zero-order chi connectivity index (χ0) is 20.5. The Hall–Kier alpha value is -2.82. The van der Waals surface area contributed by atoms with Crippen molar-refractivity contribution in [2.24, 2.45) is 0 Å². The molecule has 3 rings (SSSR count). The lowest BCUT2D eigenvalue weighted by molar-refractivity contribution is -0.709. The van der Waals surface area contributed by atoms with Gasteiger partial charge in [0.2, 0.25) is 0 Å². The van der Waals surface area contributed by atoms with Crippen LogP contribution in [0.2, 0.25) is 0 Å². The number of rotatable bonds is 10. The maximum atomic E-state index is 10.6. The van der Waals surface area contributed by atoms with Crippen molar-refractivity contribution in [2.45, 2.75) is 39.1 Å². The van der Waals surface area contributed by atoms with E-state index >= 15 is 0 Å². The molecule has 0 radical (unpaired) electrons. The first-order valence-electron chi connectivity index (χ1n) is 10.2. The van der Waals surface area contributed by atoms with Crippen molar-refractivity contribution >= 4 is 0 Å². The number of para-hydroxylation sites is 1. The van der Waals surface area contributed by atoms with Crippen molar-refractivity contribution in [3.63, 3.8) is 0 Å².